The molecule has 0 saturated heterocycles. The highest BCUT2D eigenvalue weighted by atomic mass is 32.2. The number of hydrogen-bond donors (Lipinski definition) is 2. The Hall–Kier alpha value is -1.64. The van der Waals surface area contributed by atoms with Crippen molar-refractivity contribution in [1.82, 2.24) is 4.72 Å². The number of nitrogens with one attached hydrogen (secondary N) is 1. The molecule has 1 aromatic carbocycles. The van der Waals surface area contributed by atoms with Gasteiger partial charge < -0.3 is 14.6 Å². The lowest BCUT2D eigenvalue weighted by Gasteiger charge is -2.18. The zero-order valence-corrected chi connectivity index (χ0v) is 14.5. The maximum absolute atomic E-state index is 12.6. The van der Waals surface area contributed by atoms with E-state index in [2.05, 4.69) is 4.72 Å². The van der Waals surface area contributed by atoms with Crippen LogP contribution in [0.25, 0.3) is 0 Å². The molecular formula is C15H23NO6S. The second-order valence-electron chi connectivity index (χ2n) is 5.56. The Morgan fingerprint density at radius 3 is 2.43 bits per heavy atom. The number of carbonyl (C=O) groups is 1. The SMILES string of the molecule is COCc1ccc(OC)c(S(=O)(=O)N[C@@H](CC(C)C)C(=O)O)c1. The molecule has 0 saturated carbocycles. The Morgan fingerprint density at radius 2 is 1.96 bits per heavy atom. The molecule has 8 heteroatoms. The number of sulfonamides is 1. The van der Waals surface area contributed by atoms with Gasteiger partial charge in [-0.15, -0.1) is 0 Å². The van der Waals surface area contributed by atoms with Crippen molar-refractivity contribution < 1.29 is 27.8 Å². The van der Waals surface area contributed by atoms with Crippen molar-refractivity contribution >= 4 is 16.0 Å². The number of hydrogen-bond acceptors (Lipinski definition) is 5. The van der Waals surface area contributed by atoms with Crippen LogP contribution in [0.1, 0.15) is 25.8 Å². The number of carboxylic acid groups (broad SMARTS) is 1. The highest BCUT2D eigenvalue weighted by Crippen LogP contribution is 2.25. The van der Waals surface area contributed by atoms with Crippen molar-refractivity contribution in [3.05, 3.63) is 23.8 Å². The highest BCUT2D eigenvalue weighted by Gasteiger charge is 2.28. The second kappa shape index (κ2) is 8.28. The first-order valence-electron chi connectivity index (χ1n) is 7.12. The average molecular weight is 345 g/mol. The van der Waals surface area contributed by atoms with Crippen molar-refractivity contribution in [3.8, 4) is 5.75 Å². The molecule has 0 aliphatic rings. The summed E-state index contributed by atoms with van der Waals surface area (Å²) in [5.74, 6) is -1.04. The van der Waals surface area contributed by atoms with E-state index in [4.69, 9.17) is 9.47 Å². The van der Waals surface area contributed by atoms with E-state index in [0.717, 1.165) is 0 Å². The standard InChI is InChI=1S/C15H23NO6S/c1-10(2)7-12(15(17)18)16-23(19,20)14-8-11(9-21-3)5-6-13(14)22-4/h5-6,8,10,12,16H,7,9H2,1-4H3,(H,17,18)/t12-/m0/s1. The number of methoxy groups -OCH3 is 2. The Bertz CT molecular complexity index is 641. The number of ether oxygens (including phenoxy) is 2. The van der Waals surface area contributed by atoms with Gasteiger partial charge in [-0.2, -0.15) is 4.72 Å². The summed E-state index contributed by atoms with van der Waals surface area (Å²) in [6, 6.07) is 3.42. The number of benzene rings is 1. The van der Waals surface area contributed by atoms with E-state index in [1.807, 2.05) is 13.8 Å². The van der Waals surface area contributed by atoms with Crippen molar-refractivity contribution in [2.45, 2.75) is 37.8 Å². The average Bonchev–Trinajstić information content (AvgIpc) is 2.46. The van der Waals surface area contributed by atoms with Gasteiger partial charge in [0.05, 0.1) is 13.7 Å². The zero-order chi connectivity index (χ0) is 17.6. The summed E-state index contributed by atoms with van der Waals surface area (Å²) >= 11 is 0. The zero-order valence-electron chi connectivity index (χ0n) is 13.7. The fourth-order valence-electron chi connectivity index (χ4n) is 2.11. The molecule has 0 aromatic heterocycles. The molecule has 1 rings (SSSR count). The summed E-state index contributed by atoms with van der Waals surface area (Å²) in [4.78, 5) is 11.2. The summed E-state index contributed by atoms with van der Waals surface area (Å²) in [5.41, 5.74) is 0.643. The summed E-state index contributed by atoms with van der Waals surface area (Å²) < 4.78 is 37.4. The molecule has 7 nitrogen and oxygen atoms in total. The van der Waals surface area contributed by atoms with E-state index in [0.29, 0.717) is 5.56 Å². The first-order chi connectivity index (χ1) is 10.7. The summed E-state index contributed by atoms with van der Waals surface area (Å²) in [7, 11) is -1.19. The molecule has 0 fully saturated rings. The molecule has 0 aliphatic carbocycles. The number of aliphatic carboxylic acids is 1. The molecule has 1 aromatic rings. The molecule has 0 unspecified atom stereocenters. The van der Waals surface area contributed by atoms with Crippen LogP contribution in [0, 0.1) is 5.92 Å². The molecule has 1 atom stereocenters. The van der Waals surface area contributed by atoms with Gasteiger partial charge >= 0.3 is 5.97 Å². The van der Waals surface area contributed by atoms with E-state index in [-0.39, 0.29) is 29.6 Å². The molecule has 0 radical (unpaired) electrons. The molecule has 0 bridgehead atoms. The molecule has 0 aliphatic heterocycles. The summed E-state index contributed by atoms with van der Waals surface area (Å²) in [6.45, 7) is 3.88. The third-order valence-corrected chi connectivity index (χ3v) is 4.62. The van der Waals surface area contributed by atoms with Gasteiger partial charge in [0.2, 0.25) is 10.0 Å². The second-order valence-corrected chi connectivity index (χ2v) is 7.24. The largest absolute Gasteiger partial charge is 0.495 e. The van der Waals surface area contributed by atoms with E-state index < -0.39 is 22.0 Å². The van der Waals surface area contributed by atoms with Crippen molar-refractivity contribution in [3.63, 3.8) is 0 Å². The molecule has 23 heavy (non-hydrogen) atoms. The lowest BCUT2D eigenvalue weighted by atomic mass is 10.1. The quantitative estimate of drug-likeness (QED) is 0.705. The van der Waals surface area contributed by atoms with Crippen LogP contribution in [-0.2, 0) is 26.2 Å². The van der Waals surface area contributed by atoms with Crippen LogP contribution in [0.3, 0.4) is 0 Å². The van der Waals surface area contributed by atoms with Crippen molar-refractivity contribution in [2.75, 3.05) is 14.2 Å². The van der Waals surface area contributed by atoms with E-state index in [1.165, 1.54) is 26.4 Å². The Kier molecular flexibility index (Phi) is 6.99. The molecule has 0 heterocycles. The third kappa shape index (κ3) is 5.49. The minimum atomic E-state index is -4.05. The predicted octanol–water partition coefficient (Wildman–Crippen LogP) is 1.62. The molecular weight excluding hydrogens is 322 g/mol. The first-order valence-corrected chi connectivity index (χ1v) is 8.60. The Balaban J connectivity index is 3.19. The van der Waals surface area contributed by atoms with Crippen molar-refractivity contribution in [2.24, 2.45) is 5.92 Å². The van der Waals surface area contributed by atoms with Crippen LogP contribution in [0.4, 0.5) is 0 Å². The third-order valence-electron chi connectivity index (χ3n) is 3.13. The van der Waals surface area contributed by atoms with Crippen LogP contribution >= 0.6 is 0 Å². The monoisotopic (exact) mass is 345 g/mol. The highest BCUT2D eigenvalue weighted by molar-refractivity contribution is 7.89. The Labute approximate surface area is 136 Å². The van der Waals surface area contributed by atoms with Gasteiger partial charge in [0.25, 0.3) is 0 Å². The minimum Gasteiger partial charge on any atom is -0.495 e. The van der Waals surface area contributed by atoms with E-state index >= 15 is 0 Å². The summed E-state index contributed by atoms with van der Waals surface area (Å²) in [5, 5.41) is 9.22. The van der Waals surface area contributed by atoms with Gasteiger partial charge in [-0.25, -0.2) is 8.42 Å². The first kappa shape index (κ1) is 19.4. The molecule has 0 amide bonds. The lowest BCUT2D eigenvalue weighted by molar-refractivity contribution is -0.139. The van der Waals surface area contributed by atoms with Gasteiger partial charge in [0, 0.05) is 7.11 Å². The van der Waals surface area contributed by atoms with Gasteiger partial charge in [0.15, 0.2) is 0 Å². The van der Waals surface area contributed by atoms with Crippen LogP contribution in [0.15, 0.2) is 23.1 Å². The number of carboxylic acids is 1. The van der Waals surface area contributed by atoms with Crippen LogP contribution in [0.5, 0.6) is 5.75 Å². The van der Waals surface area contributed by atoms with Gasteiger partial charge in [0.1, 0.15) is 16.7 Å². The van der Waals surface area contributed by atoms with Crippen molar-refractivity contribution in [1.29, 1.82) is 0 Å². The van der Waals surface area contributed by atoms with E-state index in [1.54, 1.807) is 6.07 Å². The van der Waals surface area contributed by atoms with Crippen LogP contribution in [-0.4, -0.2) is 39.8 Å². The molecule has 130 valence electrons. The normalized spacial score (nSPS) is 13.1. The summed E-state index contributed by atoms with van der Waals surface area (Å²) in [6.07, 6.45) is 0.189. The van der Waals surface area contributed by atoms with E-state index in [9.17, 15) is 18.3 Å². The van der Waals surface area contributed by atoms with Gasteiger partial charge in [-0.3, -0.25) is 4.79 Å². The smallest absolute Gasteiger partial charge is 0.321 e. The minimum absolute atomic E-state index is 0.0283. The topological polar surface area (TPSA) is 102 Å². The fourth-order valence-corrected chi connectivity index (χ4v) is 3.53. The van der Waals surface area contributed by atoms with Crippen LogP contribution in [0.2, 0.25) is 0 Å². The predicted molar refractivity (Wildman–Crippen MR) is 84.9 cm³/mol. The molecule has 0 spiro atoms. The number of rotatable bonds is 9. The molecule has 2 N–H and O–H groups in total. The van der Waals surface area contributed by atoms with Crippen LogP contribution < -0.4 is 9.46 Å². The fraction of sp³-hybridized carbons (Fsp3) is 0.533. The maximum Gasteiger partial charge on any atom is 0.321 e. The van der Waals surface area contributed by atoms with Gasteiger partial charge in [-0.1, -0.05) is 19.9 Å². The maximum atomic E-state index is 12.6. The lowest BCUT2D eigenvalue weighted by Crippen LogP contribution is -2.41. The Morgan fingerprint density at radius 1 is 1.30 bits per heavy atom. The van der Waals surface area contributed by atoms with Gasteiger partial charge in [-0.05, 0) is 30.0 Å².